The molecule has 0 saturated carbocycles. The van der Waals surface area contributed by atoms with Gasteiger partial charge in [-0.05, 0) is 24.1 Å². The normalized spacial score (nSPS) is 15.1. The third kappa shape index (κ3) is 2.68. The summed E-state index contributed by atoms with van der Waals surface area (Å²) in [5.74, 6) is 0.341. The lowest BCUT2D eigenvalue weighted by molar-refractivity contribution is 0.601. The van der Waals surface area contributed by atoms with E-state index in [1.807, 2.05) is 10.7 Å². The molecule has 1 aliphatic heterocycles. The van der Waals surface area contributed by atoms with Crippen molar-refractivity contribution in [2.45, 2.75) is 37.6 Å². The van der Waals surface area contributed by atoms with E-state index in [1.54, 1.807) is 18.2 Å². The summed E-state index contributed by atoms with van der Waals surface area (Å²) >= 11 is 0. The van der Waals surface area contributed by atoms with E-state index < -0.39 is 9.84 Å². The van der Waals surface area contributed by atoms with Crippen molar-refractivity contribution in [2.75, 3.05) is 12.8 Å². The highest BCUT2D eigenvalue weighted by Crippen LogP contribution is 2.27. The second-order valence-corrected chi connectivity index (χ2v) is 8.09. The maximum Gasteiger partial charge on any atom is 0.175 e. The first-order valence-electron chi connectivity index (χ1n) is 7.50. The van der Waals surface area contributed by atoms with Crippen LogP contribution < -0.4 is 5.32 Å². The lowest BCUT2D eigenvalue weighted by Gasteiger charge is -2.16. The Labute approximate surface area is 131 Å². The Balaban J connectivity index is 2.17. The van der Waals surface area contributed by atoms with Gasteiger partial charge in [-0.2, -0.15) is 5.10 Å². The highest BCUT2D eigenvalue weighted by Gasteiger charge is 2.23. The molecule has 1 aliphatic rings. The molecule has 118 valence electrons. The van der Waals surface area contributed by atoms with Crippen molar-refractivity contribution in [2.24, 2.45) is 0 Å². The zero-order valence-corrected chi connectivity index (χ0v) is 13.9. The number of fused-ring (bicyclic) bond motifs is 1. The third-order valence-corrected chi connectivity index (χ3v) is 5.11. The van der Waals surface area contributed by atoms with E-state index in [-0.39, 0.29) is 0 Å². The Morgan fingerprint density at radius 3 is 2.77 bits per heavy atom. The highest BCUT2D eigenvalue weighted by atomic mass is 32.2. The summed E-state index contributed by atoms with van der Waals surface area (Å²) in [4.78, 5) is 0.328. The molecule has 0 saturated heterocycles. The monoisotopic (exact) mass is 319 g/mol. The van der Waals surface area contributed by atoms with Crippen LogP contribution in [0.25, 0.3) is 5.69 Å². The van der Waals surface area contributed by atoms with E-state index in [2.05, 4.69) is 19.2 Å². The molecule has 6 heteroatoms. The van der Waals surface area contributed by atoms with Crippen LogP contribution in [-0.2, 0) is 22.8 Å². The summed E-state index contributed by atoms with van der Waals surface area (Å²) in [5.41, 5.74) is 4.35. The largest absolute Gasteiger partial charge is 0.312 e. The standard InChI is InChI=1S/C16H21N3O2S/c1-11(2)16-14-10-17-8-7-15(14)19(18-16)12-5-4-6-13(9-12)22(3,20)21/h4-6,9,11,17H,7-8,10H2,1-3H3. The van der Waals surface area contributed by atoms with E-state index in [1.165, 1.54) is 17.5 Å². The average Bonchev–Trinajstić information content (AvgIpc) is 2.86. The van der Waals surface area contributed by atoms with Crippen molar-refractivity contribution in [1.29, 1.82) is 0 Å². The molecule has 0 fully saturated rings. The Morgan fingerprint density at radius 1 is 1.32 bits per heavy atom. The van der Waals surface area contributed by atoms with Crippen molar-refractivity contribution in [3.05, 3.63) is 41.2 Å². The number of aromatic nitrogens is 2. The van der Waals surface area contributed by atoms with Gasteiger partial charge < -0.3 is 5.32 Å². The molecule has 0 radical (unpaired) electrons. The number of rotatable bonds is 3. The molecule has 3 rings (SSSR count). The first-order valence-corrected chi connectivity index (χ1v) is 9.39. The Hall–Kier alpha value is -1.66. The summed E-state index contributed by atoms with van der Waals surface area (Å²) in [6.45, 7) is 6.01. The Bertz CT molecular complexity index is 807. The third-order valence-electron chi connectivity index (χ3n) is 4.00. The predicted molar refractivity (Wildman–Crippen MR) is 86.2 cm³/mol. The lowest BCUT2D eigenvalue weighted by Crippen LogP contribution is -2.25. The summed E-state index contributed by atoms with van der Waals surface area (Å²) in [5, 5.41) is 8.15. The van der Waals surface area contributed by atoms with Crippen molar-refractivity contribution in [3.63, 3.8) is 0 Å². The van der Waals surface area contributed by atoms with Gasteiger partial charge in [-0.15, -0.1) is 0 Å². The summed E-state index contributed by atoms with van der Waals surface area (Å²) < 4.78 is 25.5. The maximum absolute atomic E-state index is 11.8. The van der Waals surface area contributed by atoms with Gasteiger partial charge >= 0.3 is 0 Å². The molecule has 0 atom stereocenters. The lowest BCUT2D eigenvalue weighted by atomic mass is 10.0. The van der Waals surface area contributed by atoms with Gasteiger partial charge in [0, 0.05) is 31.3 Å². The number of nitrogens with one attached hydrogen (secondary N) is 1. The van der Waals surface area contributed by atoms with Gasteiger partial charge in [-0.1, -0.05) is 19.9 Å². The van der Waals surface area contributed by atoms with Crippen LogP contribution in [0.15, 0.2) is 29.2 Å². The van der Waals surface area contributed by atoms with Gasteiger partial charge in [-0.3, -0.25) is 0 Å². The van der Waals surface area contributed by atoms with Crippen LogP contribution in [0, 0.1) is 0 Å². The SMILES string of the molecule is CC(C)c1nn(-c2cccc(S(C)(=O)=O)c2)c2c1CNCC2. The van der Waals surface area contributed by atoms with Crippen LogP contribution in [-0.4, -0.2) is 31.0 Å². The van der Waals surface area contributed by atoms with E-state index >= 15 is 0 Å². The quantitative estimate of drug-likeness (QED) is 0.940. The summed E-state index contributed by atoms with van der Waals surface area (Å²) in [6.07, 6.45) is 2.13. The molecule has 2 aromatic rings. The second-order valence-electron chi connectivity index (χ2n) is 6.07. The molecule has 0 amide bonds. The summed E-state index contributed by atoms with van der Waals surface area (Å²) in [6, 6.07) is 7.01. The Morgan fingerprint density at radius 2 is 2.09 bits per heavy atom. The van der Waals surface area contributed by atoms with Crippen LogP contribution in [0.2, 0.25) is 0 Å². The van der Waals surface area contributed by atoms with Crippen molar-refractivity contribution in [1.82, 2.24) is 15.1 Å². The molecule has 0 spiro atoms. The van der Waals surface area contributed by atoms with Crippen LogP contribution in [0.4, 0.5) is 0 Å². The van der Waals surface area contributed by atoms with E-state index in [0.29, 0.717) is 10.8 Å². The van der Waals surface area contributed by atoms with Crippen LogP contribution in [0.3, 0.4) is 0 Å². The highest BCUT2D eigenvalue weighted by molar-refractivity contribution is 7.90. The van der Waals surface area contributed by atoms with Gasteiger partial charge in [0.1, 0.15) is 0 Å². The number of benzene rings is 1. The second kappa shape index (κ2) is 5.52. The van der Waals surface area contributed by atoms with Gasteiger partial charge in [-0.25, -0.2) is 13.1 Å². The molecular weight excluding hydrogens is 298 g/mol. The molecular formula is C16H21N3O2S. The van der Waals surface area contributed by atoms with E-state index in [4.69, 9.17) is 5.10 Å². The van der Waals surface area contributed by atoms with Gasteiger partial charge in [0.05, 0.1) is 22.0 Å². The zero-order valence-electron chi connectivity index (χ0n) is 13.1. The number of hydrogen-bond donors (Lipinski definition) is 1. The summed E-state index contributed by atoms with van der Waals surface area (Å²) in [7, 11) is -3.22. The fraction of sp³-hybridized carbons (Fsp3) is 0.438. The Kier molecular flexibility index (Phi) is 3.82. The minimum absolute atomic E-state index is 0.328. The number of hydrogen-bond acceptors (Lipinski definition) is 4. The number of sulfone groups is 1. The zero-order chi connectivity index (χ0) is 15.9. The van der Waals surface area contributed by atoms with Crippen molar-refractivity contribution >= 4 is 9.84 Å². The minimum atomic E-state index is -3.22. The van der Waals surface area contributed by atoms with Crippen LogP contribution in [0.1, 0.15) is 36.7 Å². The van der Waals surface area contributed by atoms with Crippen molar-refractivity contribution in [3.8, 4) is 5.69 Å². The van der Waals surface area contributed by atoms with Gasteiger partial charge in [0.2, 0.25) is 0 Å². The molecule has 2 heterocycles. The fourth-order valence-electron chi connectivity index (χ4n) is 2.90. The minimum Gasteiger partial charge on any atom is -0.312 e. The van der Waals surface area contributed by atoms with Gasteiger partial charge in [0.15, 0.2) is 9.84 Å². The first-order chi connectivity index (χ1) is 10.4. The molecule has 0 unspecified atom stereocenters. The smallest absolute Gasteiger partial charge is 0.175 e. The molecule has 5 nitrogen and oxygen atoms in total. The van der Waals surface area contributed by atoms with E-state index in [0.717, 1.165) is 30.9 Å². The van der Waals surface area contributed by atoms with Crippen molar-refractivity contribution < 1.29 is 8.42 Å². The molecule has 1 N–H and O–H groups in total. The molecule has 22 heavy (non-hydrogen) atoms. The predicted octanol–water partition coefficient (Wildman–Crippen LogP) is 2.04. The van der Waals surface area contributed by atoms with Crippen LogP contribution in [0.5, 0.6) is 0 Å². The topological polar surface area (TPSA) is 64.0 Å². The fourth-order valence-corrected chi connectivity index (χ4v) is 3.56. The van der Waals surface area contributed by atoms with Gasteiger partial charge in [0.25, 0.3) is 0 Å². The maximum atomic E-state index is 11.8. The molecule has 0 aliphatic carbocycles. The molecule has 1 aromatic carbocycles. The van der Waals surface area contributed by atoms with E-state index in [9.17, 15) is 8.42 Å². The molecule has 1 aromatic heterocycles. The first kappa shape index (κ1) is 15.2. The number of nitrogens with zero attached hydrogens (tertiary/aromatic N) is 2. The van der Waals surface area contributed by atoms with Crippen LogP contribution >= 0.6 is 0 Å². The molecule has 0 bridgehead atoms. The average molecular weight is 319 g/mol.